The van der Waals surface area contributed by atoms with E-state index >= 15 is 0 Å². The van der Waals surface area contributed by atoms with Crippen molar-refractivity contribution in [1.29, 1.82) is 0 Å². The Labute approximate surface area is 124 Å². The van der Waals surface area contributed by atoms with Crippen LogP contribution in [0.3, 0.4) is 0 Å². The van der Waals surface area contributed by atoms with Crippen molar-refractivity contribution in [3.8, 4) is 0 Å². The highest BCUT2D eigenvalue weighted by atomic mass is 32.2. The number of fused-ring (bicyclic) bond motifs is 1. The molecule has 2 aromatic rings. The molecule has 1 fully saturated rings. The van der Waals surface area contributed by atoms with Gasteiger partial charge in [0, 0.05) is 11.4 Å². The van der Waals surface area contributed by atoms with Crippen molar-refractivity contribution in [2.24, 2.45) is 0 Å². The SMILES string of the molecule is O=S(=O)(N[C@H]1CCCC[C@@H]1O)c1cccc2ccccc12. The van der Waals surface area contributed by atoms with Gasteiger partial charge in [0.1, 0.15) is 0 Å². The molecule has 1 aliphatic rings. The predicted octanol–water partition coefficient (Wildman–Crippen LogP) is 2.42. The van der Waals surface area contributed by atoms with Crippen LogP contribution in [0.4, 0.5) is 0 Å². The van der Waals surface area contributed by atoms with E-state index in [0.717, 1.165) is 18.2 Å². The number of aliphatic hydroxyl groups excluding tert-OH is 1. The average Bonchev–Trinajstić information content (AvgIpc) is 2.49. The normalized spacial score (nSPS) is 23.3. The highest BCUT2D eigenvalue weighted by Gasteiger charge is 2.28. The fourth-order valence-corrected chi connectivity index (χ4v) is 4.48. The minimum Gasteiger partial charge on any atom is -0.391 e. The van der Waals surface area contributed by atoms with Crippen LogP contribution in [-0.2, 0) is 10.0 Å². The molecule has 0 spiro atoms. The Hall–Kier alpha value is -1.43. The summed E-state index contributed by atoms with van der Waals surface area (Å²) in [4.78, 5) is 0.276. The lowest BCUT2D eigenvalue weighted by molar-refractivity contribution is 0.101. The number of sulfonamides is 1. The molecule has 1 saturated carbocycles. The standard InChI is InChI=1S/C16H19NO3S/c18-15-10-4-3-9-14(15)17-21(19,20)16-11-5-7-12-6-1-2-8-13(12)16/h1-2,5-8,11,14-15,17-18H,3-4,9-10H2/t14-,15-/m0/s1. The summed E-state index contributed by atoms with van der Waals surface area (Å²) in [7, 11) is -3.63. The summed E-state index contributed by atoms with van der Waals surface area (Å²) in [6, 6.07) is 12.3. The first-order valence-electron chi connectivity index (χ1n) is 7.26. The van der Waals surface area contributed by atoms with Gasteiger partial charge in [-0.25, -0.2) is 13.1 Å². The minimum atomic E-state index is -3.63. The Balaban J connectivity index is 1.97. The van der Waals surface area contributed by atoms with Gasteiger partial charge in [-0.15, -0.1) is 0 Å². The first kappa shape index (κ1) is 14.5. The molecule has 21 heavy (non-hydrogen) atoms. The summed E-state index contributed by atoms with van der Waals surface area (Å²) >= 11 is 0. The van der Waals surface area contributed by atoms with Crippen molar-refractivity contribution in [2.45, 2.75) is 42.7 Å². The Morgan fingerprint density at radius 3 is 2.52 bits per heavy atom. The molecule has 0 aliphatic heterocycles. The van der Waals surface area contributed by atoms with Crippen LogP contribution in [0.2, 0.25) is 0 Å². The number of hydrogen-bond donors (Lipinski definition) is 2. The molecule has 112 valence electrons. The van der Waals surface area contributed by atoms with E-state index in [9.17, 15) is 13.5 Å². The Kier molecular flexibility index (Phi) is 3.97. The van der Waals surface area contributed by atoms with Crippen LogP contribution < -0.4 is 4.72 Å². The third kappa shape index (κ3) is 2.95. The van der Waals surface area contributed by atoms with Crippen LogP contribution in [0.5, 0.6) is 0 Å². The summed E-state index contributed by atoms with van der Waals surface area (Å²) < 4.78 is 28.0. The van der Waals surface area contributed by atoms with Crippen molar-refractivity contribution in [3.05, 3.63) is 42.5 Å². The third-order valence-electron chi connectivity index (χ3n) is 4.08. The minimum absolute atomic E-state index is 0.276. The smallest absolute Gasteiger partial charge is 0.241 e. The highest BCUT2D eigenvalue weighted by molar-refractivity contribution is 7.89. The third-order valence-corrected chi connectivity index (χ3v) is 5.62. The largest absolute Gasteiger partial charge is 0.391 e. The molecule has 3 rings (SSSR count). The molecule has 5 heteroatoms. The first-order valence-corrected chi connectivity index (χ1v) is 8.74. The van der Waals surface area contributed by atoms with Crippen LogP contribution in [0.1, 0.15) is 25.7 Å². The molecule has 4 nitrogen and oxygen atoms in total. The molecule has 2 N–H and O–H groups in total. The number of nitrogens with one attached hydrogen (secondary N) is 1. The summed E-state index contributed by atoms with van der Waals surface area (Å²) in [5.74, 6) is 0. The van der Waals surface area contributed by atoms with E-state index in [1.54, 1.807) is 18.2 Å². The van der Waals surface area contributed by atoms with Gasteiger partial charge in [0.2, 0.25) is 10.0 Å². The fourth-order valence-electron chi connectivity index (χ4n) is 2.94. The molecular formula is C16H19NO3S. The lowest BCUT2D eigenvalue weighted by Gasteiger charge is -2.28. The second-order valence-corrected chi connectivity index (χ2v) is 7.24. The monoisotopic (exact) mass is 305 g/mol. The van der Waals surface area contributed by atoms with E-state index in [4.69, 9.17) is 0 Å². The Morgan fingerprint density at radius 1 is 1.00 bits per heavy atom. The van der Waals surface area contributed by atoms with E-state index in [1.807, 2.05) is 24.3 Å². The second kappa shape index (κ2) is 5.75. The van der Waals surface area contributed by atoms with Crippen molar-refractivity contribution in [2.75, 3.05) is 0 Å². The molecular weight excluding hydrogens is 286 g/mol. The van der Waals surface area contributed by atoms with Crippen LogP contribution in [0.25, 0.3) is 10.8 Å². The maximum Gasteiger partial charge on any atom is 0.241 e. The molecule has 0 bridgehead atoms. The van der Waals surface area contributed by atoms with Gasteiger partial charge in [-0.05, 0) is 24.3 Å². The maximum absolute atomic E-state index is 12.6. The van der Waals surface area contributed by atoms with Gasteiger partial charge in [-0.1, -0.05) is 49.2 Å². The van der Waals surface area contributed by atoms with Crippen LogP contribution in [-0.4, -0.2) is 25.7 Å². The van der Waals surface area contributed by atoms with Crippen molar-refractivity contribution in [3.63, 3.8) is 0 Å². The zero-order valence-corrected chi connectivity index (χ0v) is 12.5. The fraction of sp³-hybridized carbons (Fsp3) is 0.375. The number of rotatable bonds is 3. The quantitative estimate of drug-likeness (QED) is 0.915. The molecule has 0 amide bonds. The number of hydrogen-bond acceptors (Lipinski definition) is 3. The number of aliphatic hydroxyl groups is 1. The van der Waals surface area contributed by atoms with E-state index in [0.29, 0.717) is 18.2 Å². The van der Waals surface area contributed by atoms with Gasteiger partial charge in [-0.2, -0.15) is 0 Å². The highest BCUT2D eigenvalue weighted by Crippen LogP contribution is 2.25. The molecule has 1 aliphatic carbocycles. The van der Waals surface area contributed by atoms with Gasteiger partial charge in [0.05, 0.1) is 11.0 Å². The molecule has 2 atom stereocenters. The van der Waals surface area contributed by atoms with Crippen molar-refractivity contribution < 1.29 is 13.5 Å². The molecule has 0 radical (unpaired) electrons. The molecule has 0 unspecified atom stereocenters. The van der Waals surface area contributed by atoms with Gasteiger partial charge < -0.3 is 5.11 Å². The van der Waals surface area contributed by atoms with Crippen LogP contribution >= 0.6 is 0 Å². The summed E-state index contributed by atoms with van der Waals surface area (Å²) in [5.41, 5.74) is 0. The van der Waals surface area contributed by atoms with E-state index in [1.165, 1.54) is 0 Å². The molecule has 0 heterocycles. The zero-order chi connectivity index (χ0) is 14.9. The molecule has 2 aromatic carbocycles. The number of benzene rings is 2. The van der Waals surface area contributed by atoms with E-state index in [-0.39, 0.29) is 10.9 Å². The van der Waals surface area contributed by atoms with Crippen LogP contribution in [0.15, 0.2) is 47.4 Å². The van der Waals surface area contributed by atoms with Gasteiger partial charge in [0.15, 0.2) is 0 Å². The maximum atomic E-state index is 12.6. The summed E-state index contributed by atoms with van der Waals surface area (Å²) in [5, 5.41) is 11.6. The van der Waals surface area contributed by atoms with Crippen molar-refractivity contribution in [1.82, 2.24) is 4.72 Å². The van der Waals surface area contributed by atoms with E-state index < -0.39 is 16.1 Å². The Morgan fingerprint density at radius 2 is 1.71 bits per heavy atom. The van der Waals surface area contributed by atoms with Crippen molar-refractivity contribution >= 4 is 20.8 Å². The first-order chi connectivity index (χ1) is 10.1. The molecule has 0 saturated heterocycles. The van der Waals surface area contributed by atoms with Gasteiger partial charge in [0.25, 0.3) is 0 Å². The molecule has 0 aromatic heterocycles. The van der Waals surface area contributed by atoms with Gasteiger partial charge >= 0.3 is 0 Å². The average molecular weight is 305 g/mol. The Bertz CT molecular complexity index is 737. The lowest BCUT2D eigenvalue weighted by atomic mass is 9.93. The van der Waals surface area contributed by atoms with Crippen LogP contribution in [0, 0.1) is 0 Å². The summed E-state index contributed by atoms with van der Waals surface area (Å²) in [6.45, 7) is 0. The lowest BCUT2D eigenvalue weighted by Crippen LogP contribution is -2.44. The van der Waals surface area contributed by atoms with Gasteiger partial charge in [-0.3, -0.25) is 0 Å². The second-order valence-electron chi connectivity index (χ2n) is 5.56. The zero-order valence-electron chi connectivity index (χ0n) is 11.7. The predicted molar refractivity (Wildman–Crippen MR) is 82.5 cm³/mol. The topological polar surface area (TPSA) is 66.4 Å². The van der Waals surface area contributed by atoms with E-state index in [2.05, 4.69) is 4.72 Å². The summed E-state index contributed by atoms with van der Waals surface area (Å²) in [6.07, 6.45) is 2.64.